The molecule has 162 valence electrons. The van der Waals surface area contributed by atoms with E-state index in [1.54, 1.807) is 45.3 Å². The molecule has 1 aromatic carbocycles. The van der Waals surface area contributed by atoms with Crippen molar-refractivity contribution in [3.8, 4) is 0 Å². The van der Waals surface area contributed by atoms with E-state index in [0.29, 0.717) is 29.3 Å². The third kappa shape index (κ3) is 3.65. The Kier molecular flexibility index (Phi) is 4.81. The molecule has 0 aliphatic heterocycles. The zero-order valence-electron chi connectivity index (χ0n) is 17.4. The summed E-state index contributed by atoms with van der Waals surface area (Å²) in [7, 11) is 0.877. The molecule has 0 unspecified atom stereocenters. The van der Waals surface area contributed by atoms with Crippen molar-refractivity contribution in [1.82, 2.24) is 28.9 Å². The lowest BCUT2D eigenvalue weighted by molar-refractivity contribution is 0.600. The molecule has 12 heteroatoms. The van der Waals surface area contributed by atoms with E-state index in [1.807, 2.05) is 0 Å². The van der Waals surface area contributed by atoms with Crippen LogP contribution in [0.2, 0.25) is 0 Å². The van der Waals surface area contributed by atoms with Crippen molar-refractivity contribution in [3.05, 3.63) is 68.4 Å². The highest BCUT2D eigenvalue weighted by atomic mass is 32.2. The first-order valence-electron chi connectivity index (χ1n) is 9.33. The maximum absolute atomic E-state index is 12.6. The van der Waals surface area contributed by atoms with E-state index in [9.17, 15) is 18.0 Å². The van der Waals surface area contributed by atoms with Crippen molar-refractivity contribution in [2.75, 3.05) is 4.72 Å². The van der Waals surface area contributed by atoms with Crippen molar-refractivity contribution in [3.63, 3.8) is 0 Å². The van der Waals surface area contributed by atoms with Gasteiger partial charge in [0.15, 0.2) is 5.65 Å². The van der Waals surface area contributed by atoms with Crippen LogP contribution >= 0.6 is 0 Å². The summed E-state index contributed by atoms with van der Waals surface area (Å²) in [4.78, 5) is 31.8. The van der Waals surface area contributed by atoms with Gasteiger partial charge in [-0.1, -0.05) is 12.1 Å². The Morgan fingerprint density at radius 3 is 2.35 bits per heavy atom. The Morgan fingerprint density at radius 1 is 1.06 bits per heavy atom. The number of sulfonamides is 1. The van der Waals surface area contributed by atoms with Gasteiger partial charge in [0.1, 0.15) is 16.2 Å². The van der Waals surface area contributed by atoms with Gasteiger partial charge in [0.2, 0.25) is 0 Å². The van der Waals surface area contributed by atoms with Gasteiger partial charge in [0, 0.05) is 39.4 Å². The summed E-state index contributed by atoms with van der Waals surface area (Å²) in [6.07, 6.45) is 1.83. The molecule has 31 heavy (non-hydrogen) atoms. The van der Waals surface area contributed by atoms with E-state index in [2.05, 4.69) is 19.8 Å². The number of nitrogens with zero attached hydrogens (tertiary/aromatic N) is 5. The molecule has 4 rings (SSSR count). The van der Waals surface area contributed by atoms with Crippen molar-refractivity contribution in [1.29, 1.82) is 0 Å². The predicted molar refractivity (Wildman–Crippen MR) is 115 cm³/mol. The Hall–Kier alpha value is -3.67. The van der Waals surface area contributed by atoms with Crippen LogP contribution in [-0.2, 0) is 37.6 Å². The molecule has 2 N–H and O–H groups in total. The number of benzene rings is 1. The van der Waals surface area contributed by atoms with Crippen molar-refractivity contribution in [2.45, 2.75) is 18.2 Å². The van der Waals surface area contributed by atoms with Gasteiger partial charge in [0.25, 0.3) is 15.6 Å². The number of hydrogen-bond acceptors (Lipinski definition) is 6. The number of H-pyrrole nitrogens is 1. The summed E-state index contributed by atoms with van der Waals surface area (Å²) < 4.78 is 31.5. The van der Waals surface area contributed by atoms with Crippen LogP contribution in [0.1, 0.15) is 17.1 Å². The number of imidazole rings is 1. The largest absolute Gasteiger partial charge is 0.336 e. The molecule has 0 radical (unpaired) electrons. The maximum Gasteiger partial charge on any atom is 0.332 e. The zero-order chi connectivity index (χ0) is 22.5. The van der Waals surface area contributed by atoms with E-state index in [0.717, 1.165) is 10.1 Å². The fourth-order valence-electron chi connectivity index (χ4n) is 3.39. The van der Waals surface area contributed by atoms with Crippen molar-refractivity contribution >= 4 is 26.9 Å². The average molecular weight is 443 g/mol. The van der Waals surface area contributed by atoms with E-state index in [1.165, 1.54) is 22.5 Å². The Balaban J connectivity index is 1.57. The van der Waals surface area contributed by atoms with E-state index >= 15 is 0 Å². The molecule has 0 atom stereocenters. The summed E-state index contributed by atoms with van der Waals surface area (Å²) >= 11 is 0. The molecule has 0 saturated heterocycles. The first-order valence-corrected chi connectivity index (χ1v) is 10.8. The van der Waals surface area contributed by atoms with Crippen LogP contribution in [-0.4, -0.2) is 37.3 Å². The SMILES string of the molecule is Cc1nn(C)cc1S(=O)(=O)Nc1ccc(Cc2nc3c([nH]2)c(=O)n(C)c(=O)n3C)cc1. The number of hydrogen-bond donors (Lipinski definition) is 2. The minimum atomic E-state index is -3.75. The highest BCUT2D eigenvalue weighted by Gasteiger charge is 2.20. The highest BCUT2D eigenvalue weighted by Crippen LogP contribution is 2.19. The fraction of sp³-hybridized carbons (Fsp3) is 0.263. The van der Waals surface area contributed by atoms with Crippen LogP contribution in [0.4, 0.5) is 5.69 Å². The molecule has 3 heterocycles. The molecule has 3 aromatic heterocycles. The topological polar surface area (TPSA) is 137 Å². The molecule has 11 nitrogen and oxygen atoms in total. The van der Waals surface area contributed by atoms with Crippen LogP contribution in [0.25, 0.3) is 11.2 Å². The van der Waals surface area contributed by atoms with Crippen LogP contribution in [0.3, 0.4) is 0 Å². The summed E-state index contributed by atoms with van der Waals surface area (Å²) in [5.74, 6) is 0.521. The minimum absolute atomic E-state index is 0.119. The minimum Gasteiger partial charge on any atom is -0.336 e. The summed E-state index contributed by atoms with van der Waals surface area (Å²) in [6, 6.07) is 6.82. The number of aromatic amines is 1. The molecule has 4 aromatic rings. The van der Waals surface area contributed by atoms with Gasteiger partial charge >= 0.3 is 5.69 Å². The van der Waals surface area contributed by atoms with Crippen molar-refractivity contribution < 1.29 is 8.42 Å². The molecular weight excluding hydrogens is 422 g/mol. The van der Waals surface area contributed by atoms with Gasteiger partial charge < -0.3 is 4.98 Å². The average Bonchev–Trinajstić information content (AvgIpc) is 3.29. The van der Waals surface area contributed by atoms with E-state index < -0.39 is 21.3 Å². The zero-order valence-corrected chi connectivity index (χ0v) is 18.2. The predicted octanol–water partition coefficient (Wildman–Crippen LogP) is 0.394. The van der Waals surface area contributed by atoms with E-state index in [-0.39, 0.29) is 10.4 Å². The third-order valence-corrected chi connectivity index (χ3v) is 6.46. The first kappa shape index (κ1) is 20.6. The van der Waals surface area contributed by atoms with Crippen LogP contribution < -0.4 is 16.0 Å². The number of nitrogens with one attached hydrogen (secondary N) is 2. The molecule has 0 fully saturated rings. The second-order valence-corrected chi connectivity index (χ2v) is 8.97. The molecule has 0 bridgehead atoms. The lowest BCUT2D eigenvalue weighted by Crippen LogP contribution is -2.36. The third-order valence-electron chi connectivity index (χ3n) is 4.98. The van der Waals surface area contributed by atoms with Crippen LogP contribution in [0.5, 0.6) is 0 Å². The molecule has 0 aliphatic rings. The maximum atomic E-state index is 12.6. The summed E-state index contributed by atoms with van der Waals surface area (Å²) in [5, 5.41) is 4.06. The van der Waals surface area contributed by atoms with Gasteiger partial charge in [-0.2, -0.15) is 5.10 Å². The Morgan fingerprint density at radius 2 is 1.74 bits per heavy atom. The normalized spacial score (nSPS) is 11.9. The number of aryl methyl sites for hydroxylation is 3. The first-order chi connectivity index (χ1) is 14.6. The van der Waals surface area contributed by atoms with Gasteiger partial charge in [-0.3, -0.25) is 23.3 Å². The van der Waals surface area contributed by atoms with Crippen LogP contribution in [0, 0.1) is 6.92 Å². The lowest BCUT2D eigenvalue weighted by atomic mass is 10.1. The Labute approximate surface area is 177 Å². The molecule has 0 saturated carbocycles. The molecule has 0 spiro atoms. The molecule has 0 aliphatic carbocycles. The Bertz CT molecular complexity index is 1520. The second kappa shape index (κ2) is 7.23. The number of rotatable bonds is 5. The number of aromatic nitrogens is 6. The standard InChI is InChI=1S/C19H21N7O4S/c1-11-14(10-24(2)22-11)31(29,30)23-13-7-5-12(6-8-13)9-15-20-16-17(21-15)25(3)19(28)26(4)18(16)27/h5-8,10,23H,9H2,1-4H3,(H,20,21). The smallest absolute Gasteiger partial charge is 0.332 e. The monoisotopic (exact) mass is 443 g/mol. The highest BCUT2D eigenvalue weighted by molar-refractivity contribution is 7.92. The van der Waals surface area contributed by atoms with Gasteiger partial charge in [-0.05, 0) is 24.6 Å². The van der Waals surface area contributed by atoms with Crippen molar-refractivity contribution in [2.24, 2.45) is 21.1 Å². The van der Waals surface area contributed by atoms with Gasteiger partial charge in [0.05, 0.1) is 5.69 Å². The van der Waals surface area contributed by atoms with Crippen LogP contribution in [0.15, 0.2) is 44.9 Å². The quantitative estimate of drug-likeness (QED) is 0.458. The molecule has 0 amide bonds. The molecular formula is C19H21N7O4S. The second-order valence-electron chi connectivity index (χ2n) is 7.32. The van der Waals surface area contributed by atoms with Gasteiger partial charge in [-0.25, -0.2) is 18.2 Å². The number of anilines is 1. The summed E-state index contributed by atoms with van der Waals surface area (Å²) in [6.45, 7) is 1.63. The van der Waals surface area contributed by atoms with E-state index in [4.69, 9.17) is 0 Å². The summed E-state index contributed by atoms with van der Waals surface area (Å²) in [5.41, 5.74) is 1.34. The number of fused-ring (bicyclic) bond motifs is 1. The fourth-order valence-corrected chi connectivity index (χ4v) is 4.67. The lowest BCUT2D eigenvalue weighted by Gasteiger charge is -2.08. The van der Waals surface area contributed by atoms with Gasteiger partial charge in [-0.15, -0.1) is 0 Å².